The number of aliphatic hydroxyl groups is 2. The van der Waals surface area contributed by atoms with Crippen LogP contribution in [0.3, 0.4) is 0 Å². The highest BCUT2D eigenvalue weighted by molar-refractivity contribution is 4.72. The first kappa shape index (κ1) is 9.92. The van der Waals surface area contributed by atoms with Crippen LogP contribution in [0.2, 0.25) is 0 Å². The molecule has 0 saturated carbocycles. The van der Waals surface area contributed by atoms with Crippen LogP contribution in [0.15, 0.2) is 0 Å². The van der Waals surface area contributed by atoms with Gasteiger partial charge in [-0.2, -0.15) is 0 Å². The van der Waals surface area contributed by atoms with Crippen molar-refractivity contribution in [2.45, 2.75) is 39.9 Å². The summed E-state index contributed by atoms with van der Waals surface area (Å²) in [6.07, 6.45) is 0.395. The van der Waals surface area contributed by atoms with E-state index < -0.39 is 5.79 Å². The van der Waals surface area contributed by atoms with Gasteiger partial charge in [0.05, 0.1) is 0 Å². The number of hydrogen-bond donors (Lipinski definition) is 2. The maximum absolute atomic E-state index is 9.32. The molecule has 1 unspecified atom stereocenters. The Morgan fingerprint density at radius 1 is 1.20 bits per heavy atom. The molecule has 0 aromatic carbocycles. The molecule has 2 nitrogen and oxygen atoms in total. The summed E-state index contributed by atoms with van der Waals surface area (Å²) >= 11 is 0. The predicted molar refractivity (Wildman–Crippen MR) is 41.5 cm³/mol. The van der Waals surface area contributed by atoms with Crippen molar-refractivity contribution in [3.8, 4) is 0 Å². The Kier molecular flexibility index (Phi) is 3.33. The molecule has 0 saturated heterocycles. The maximum Gasteiger partial charge on any atom is 0.165 e. The van der Waals surface area contributed by atoms with E-state index in [0.29, 0.717) is 12.3 Å². The molecule has 0 heterocycles. The molecule has 1 atom stereocenters. The molecule has 0 rings (SSSR count). The van der Waals surface area contributed by atoms with Crippen molar-refractivity contribution < 1.29 is 10.2 Å². The highest BCUT2D eigenvalue weighted by Crippen LogP contribution is 2.24. The first-order valence-electron chi connectivity index (χ1n) is 3.86. The molecular formula is C8H18O2. The Labute approximate surface area is 62.9 Å². The Hall–Kier alpha value is -0.0800. The van der Waals surface area contributed by atoms with Gasteiger partial charge in [-0.15, -0.1) is 0 Å². The van der Waals surface area contributed by atoms with E-state index in [2.05, 4.69) is 0 Å². The third-order valence-corrected chi connectivity index (χ3v) is 2.25. The van der Waals surface area contributed by atoms with Gasteiger partial charge in [-0.3, -0.25) is 0 Å². The van der Waals surface area contributed by atoms with Gasteiger partial charge in [0.25, 0.3) is 0 Å². The molecule has 2 N–H and O–H groups in total. The topological polar surface area (TPSA) is 40.5 Å². The fraction of sp³-hybridized carbons (Fsp3) is 1.00. The Morgan fingerprint density at radius 3 is 1.70 bits per heavy atom. The summed E-state index contributed by atoms with van der Waals surface area (Å²) in [5.41, 5.74) is 0. The van der Waals surface area contributed by atoms with Gasteiger partial charge in [0, 0.05) is 5.92 Å². The molecule has 0 aromatic rings. The van der Waals surface area contributed by atoms with Crippen LogP contribution in [0.1, 0.15) is 34.1 Å². The van der Waals surface area contributed by atoms with Gasteiger partial charge in [0.2, 0.25) is 0 Å². The fourth-order valence-electron chi connectivity index (χ4n) is 0.856. The molecule has 0 aliphatic carbocycles. The van der Waals surface area contributed by atoms with E-state index in [1.54, 1.807) is 6.92 Å². The van der Waals surface area contributed by atoms with E-state index in [0.717, 1.165) is 0 Å². The van der Waals surface area contributed by atoms with Crippen LogP contribution in [-0.4, -0.2) is 16.0 Å². The van der Waals surface area contributed by atoms with Crippen LogP contribution in [0, 0.1) is 11.8 Å². The van der Waals surface area contributed by atoms with Gasteiger partial charge < -0.3 is 10.2 Å². The summed E-state index contributed by atoms with van der Waals surface area (Å²) in [5.74, 6) is -1.22. The molecule has 0 bridgehead atoms. The summed E-state index contributed by atoms with van der Waals surface area (Å²) in [4.78, 5) is 0. The highest BCUT2D eigenvalue weighted by atomic mass is 16.5. The predicted octanol–water partition coefficient (Wildman–Crippen LogP) is 1.37. The van der Waals surface area contributed by atoms with Gasteiger partial charge in [0.1, 0.15) is 0 Å². The first-order valence-corrected chi connectivity index (χ1v) is 3.86. The Bertz CT molecular complexity index is 97.4. The van der Waals surface area contributed by atoms with Gasteiger partial charge in [0.15, 0.2) is 5.79 Å². The zero-order chi connectivity index (χ0) is 8.36. The van der Waals surface area contributed by atoms with Crippen LogP contribution in [-0.2, 0) is 0 Å². The Balaban J connectivity index is 4.03. The third-order valence-electron chi connectivity index (χ3n) is 2.25. The third kappa shape index (κ3) is 2.27. The molecule has 0 amide bonds. The molecular weight excluding hydrogens is 128 g/mol. The van der Waals surface area contributed by atoms with E-state index >= 15 is 0 Å². The SMILES string of the molecule is CCC(O)(O)C(C)C(C)C. The maximum atomic E-state index is 9.32. The second-order valence-electron chi connectivity index (χ2n) is 3.26. The van der Waals surface area contributed by atoms with Crippen LogP contribution < -0.4 is 0 Å². The second kappa shape index (κ2) is 3.35. The van der Waals surface area contributed by atoms with Crippen LogP contribution >= 0.6 is 0 Å². The number of rotatable bonds is 3. The molecule has 62 valence electrons. The van der Waals surface area contributed by atoms with Gasteiger partial charge >= 0.3 is 0 Å². The lowest BCUT2D eigenvalue weighted by Crippen LogP contribution is -2.37. The molecule has 0 fully saturated rings. The van der Waals surface area contributed by atoms with Crippen molar-refractivity contribution in [3.63, 3.8) is 0 Å². The molecule has 10 heavy (non-hydrogen) atoms. The standard InChI is InChI=1S/C8H18O2/c1-5-8(9,10)7(4)6(2)3/h6-7,9-10H,5H2,1-4H3. The van der Waals surface area contributed by atoms with Crippen molar-refractivity contribution in [3.05, 3.63) is 0 Å². The Morgan fingerprint density at radius 2 is 1.60 bits per heavy atom. The molecule has 0 spiro atoms. The average molecular weight is 146 g/mol. The zero-order valence-electron chi connectivity index (χ0n) is 7.26. The molecule has 0 radical (unpaired) electrons. The molecule has 0 aromatic heterocycles. The average Bonchev–Trinajstić information content (AvgIpc) is 1.86. The van der Waals surface area contributed by atoms with Gasteiger partial charge in [-0.1, -0.05) is 27.7 Å². The summed E-state index contributed by atoms with van der Waals surface area (Å²) in [6, 6.07) is 0. The number of hydrogen-bond acceptors (Lipinski definition) is 2. The minimum absolute atomic E-state index is 0.0579. The van der Waals surface area contributed by atoms with Crippen molar-refractivity contribution >= 4 is 0 Å². The summed E-state index contributed by atoms with van der Waals surface area (Å²) < 4.78 is 0. The van der Waals surface area contributed by atoms with Gasteiger partial charge in [-0.25, -0.2) is 0 Å². The summed E-state index contributed by atoms with van der Waals surface area (Å²) in [6.45, 7) is 7.61. The quantitative estimate of drug-likeness (QED) is 0.590. The van der Waals surface area contributed by atoms with Crippen LogP contribution in [0.25, 0.3) is 0 Å². The van der Waals surface area contributed by atoms with Gasteiger partial charge in [-0.05, 0) is 12.3 Å². The van der Waals surface area contributed by atoms with E-state index in [9.17, 15) is 10.2 Å². The van der Waals surface area contributed by atoms with Crippen molar-refractivity contribution in [2.24, 2.45) is 11.8 Å². The first-order chi connectivity index (χ1) is 4.41. The lowest BCUT2D eigenvalue weighted by atomic mass is 9.88. The lowest BCUT2D eigenvalue weighted by molar-refractivity contribution is -0.206. The minimum atomic E-state index is -1.48. The molecule has 0 aliphatic heterocycles. The monoisotopic (exact) mass is 146 g/mol. The zero-order valence-corrected chi connectivity index (χ0v) is 7.26. The van der Waals surface area contributed by atoms with E-state index in [1.807, 2.05) is 20.8 Å². The van der Waals surface area contributed by atoms with Crippen molar-refractivity contribution in [1.82, 2.24) is 0 Å². The summed E-state index contributed by atoms with van der Waals surface area (Å²) in [5, 5.41) is 18.6. The largest absolute Gasteiger partial charge is 0.365 e. The highest BCUT2D eigenvalue weighted by Gasteiger charge is 2.30. The molecule has 2 heteroatoms. The van der Waals surface area contributed by atoms with E-state index in [-0.39, 0.29) is 5.92 Å². The van der Waals surface area contributed by atoms with E-state index in [4.69, 9.17) is 0 Å². The molecule has 0 aliphatic rings. The fourth-order valence-corrected chi connectivity index (χ4v) is 0.856. The summed E-state index contributed by atoms with van der Waals surface area (Å²) in [7, 11) is 0. The van der Waals surface area contributed by atoms with E-state index in [1.165, 1.54) is 0 Å². The smallest absolute Gasteiger partial charge is 0.165 e. The van der Waals surface area contributed by atoms with Crippen molar-refractivity contribution in [2.75, 3.05) is 0 Å². The minimum Gasteiger partial charge on any atom is -0.365 e. The van der Waals surface area contributed by atoms with Crippen LogP contribution in [0.5, 0.6) is 0 Å². The van der Waals surface area contributed by atoms with Crippen LogP contribution in [0.4, 0.5) is 0 Å². The lowest BCUT2D eigenvalue weighted by Gasteiger charge is -2.30. The normalized spacial score (nSPS) is 15.9. The second-order valence-corrected chi connectivity index (χ2v) is 3.26. The van der Waals surface area contributed by atoms with Crippen molar-refractivity contribution in [1.29, 1.82) is 0 Å².